The summed E-state index contributed by atoms with van der Waals surface area (Å²) in [6, 6.07) is 2.42. The fraction of sp³-hybridized carbons (Fsp3) is 0.538. The van der Waals surface area contributed by atoms with Crippen molar-refractivity contribution in [3.63, 3.8) is 0 Å². The Balaban J connectivity index is 1.99. The van der Waals surface area contributed by atoms with Crippen LogP contribution in [0.4, 0.5) is 8.78 Å². The maximum absolute atomic E-state index is 13.8. The van der Waals surface area contributed by atoms with Crippen molar-refractivity contribution in [2.45, 2.75) is 18.6 Å². The number of nitrogens with one attached hydrogen (secondary N) is 2. The lowest BCUT2D eigenvalue weighted by atomic mass is 10.0. The summed E-state index contributed by atoms with van der Waals surface area (Å²) >= 11 is 0. The summed E-state index contributed by atoms with van der Waals surface area (Å²) in [5.41, 5.74) is -0.917. The molecule has 1 heterocycles. The van der Waals surface area contributed by atoms with Gasteiger partial charge in [0.2, 0.25) is 0 Å². The van der Waals surface area contributed by atoms with Crippen LogP contribution in [0.3, 0.4) is 0 Å². The molecule has 2 rings (SSSR count). The van der Waals surface area contributed by atoms with Crippen LogP contribution in [0.1, 0.15) is 12.0 Å². The van der Waals surface area contributed by atoms with Gasteiger partial charge in [-0.1, -0.05) is 0 Å². The molecular formula is C13H18F2N2O2. The van der Waals surface area contributed by atoms with Crippen LogP contribution in [-0.2, 0) is 6.54 Å². The second-order valence-electron chi connectivity index (χ2n) is 4.80. The van der Waals surface area contributed by atoms with Crippen molar-refractivity contribution >= 4 is 0 Å². The van der Waals surface area contributed by atoms with Gasteiger partial charge in [-0.3, -0.25) is 0 Å². The summed E-state index contributed by atoms with van der Waals surface area (Å²) in [4.78, 5) is 0. The first-order valence-electron chi connectivity index (χ1n) is 6.20. The van der Waals surface area contributed by atoms with Gasteiger partial charge >= 0.3 is 0 Å². The van der Waals surface area contributed by atoms with Gasteiger partial charge in [-0.05, 0) is 25.1 Å². The van der Waals surface area contributed by atoms with Gasteiger partial charge in [-0.15, -0.1) is 0 Å². The molecular weight excluding hydrogens is 254 g/mol. The van der Waals surface area contributed by atoms with Crippen molar-refractivity contribution in [2.75, 3.05) is 26.7 Å². The third kappa shape index (κ3) is 3.20. The first kappa shape index (κ1) is 14.2. The standard InChI is InChI=1S/C13H18F2N2O2/c1-19-11-3-2-10(14)9(12(11)15)6-17-8-13(18)4-5-16-7-13/h2-3,16-18H,4-8H2,1H3/t13-/m1/s1. The first-order chi connectivity index (χ1) is 9.06. The molecule has 1 aromatic carbocycles. The second kappa shape index (κ2) is 5.81. The maximum Gasteiger partial charge on any atom is 0.172 e. The highest BCUT2D eigenvalue weighted by molar-refractivity contribution is 5.32. The van der Waals surface area contributed by atoms with Gasteiger partial charge < -0.3 is 20.5 Å². The van der Waals surface area contributed by atoms with E-state index in [1.165, 1.54) is 19.2 Å². The molecule has 0 aromatic heterocycles. The normalized spacial score (nSPS) is 22.7. The van der Waals surface area contributed by atoms with E-state index >= 15 is 0 Å². The highest BCUT2D eigenvalue weighted by atomic mass is 19.1. The highest BCUT2D eigenvalue weighted by Crippen LogP contribution is 2.23. The SMILES string of the molecule is COc1ccc(F)c(CNC[C@@]2(O)CCNC2)c1F. The lowest BCUT2D eigenvalue weighted by Gasteiger charge is -2.22. The van der Waals surface area contributed by atoms with Gasteiger partial charge in [0.05, 0.1) is 12.7 Å². The molecule has 4 nitrogen and oxygen atoms in total. The van der Waals surface area contributed by atoms with Crippen LogP contribution in [0.5, 0.6) is 5.75 Å². The van der Waals surface area contributed by atoms with E-state index in [1.54, 1.807) is 0 Å². The molecule has 1 atom stereocenters. The zero-order valence-corrected chi connectivity index (χ0v) is 10.8. The number of hydrogen-bond acceptors (Lipinski definition) is 4. The summed E-state index contributed by atoms with van der Waals surface area (Å²) in [5.74, 6) is -1.31. The number of ether oxygens (including phenoxy) is 1. The largest absolute Gasteiger partial charge is 0.494 e. The summed E-state index contributed by atoms with van der Waals surface area (Å²) in [5, 5.41) is 16.0. The summed E-state index contributed by atoms with van der Waals surface area (Å²) < 4.78 is 32.2. The van der Waals surface area contributed by atoms with Gasteiger partial charge in [0.15, 0.2) is 11.6 Å². The van der Waals surface area contributed by atoms with Crippen LogP contribution >= 0.6 is 0 Å². The van der Waals surface area contributed by atoms with Crippen molar-refractivity contribution < 1.29 is 18.6 Å². The van der Waals surface area contributed by atoms with E-state index < -0.39 is 17.2 Å². The maximum atomic E-state index is 13.8. The lowest BCUT2D eigenvalue weighted by molar-refractivity contribution is 0.0607. The van der Waals surface area contributed by atoms with E-state index in [9.17, 15) is 13.9 Å². The van der Waals surface area contributed by atoms with E-state index in [1.807, 2.05) is 0 Å². The van der Waals surface area contributed by atoms with Crippen molar-refractivity contribution in [3.8, 4) is 5.75 Å². The van der Waals surface area contributed by atoms with Crippen molar-refractivity contribution in [1.82, 2.24) is 10.6 Å². The average molecular weight is 272 g/mol. The molecule has 1 saturated heterocycles. The van der Waals surface area contributed by atoms with Crippen molar-refractivity contribution in [1.29, 1.82) is 0 Å². The Morgan fingerprint density at radius 3 is 2.89 bits per heavy atom. The molecule has 1 aliphatic heterocycles. The number of hydrogen-bond donors (Lipinski definition) is 3. The zero-order chi connectivity index (χ0) is 13.9. The molecule has 0 radical (unpaired) electrons. The fourth-order valence-corrected chi connectivity index (χ4v) is 2.20. The Labute approximate surface area is 110 Å². The van der Waals surface area contributed by atoms with Crippen molar-refractivity contribution in [3.05, 3.63) is 29.3 Å². The number of methoxy groups -OCH3 is 1. The first-order valence-corrected chi connectivity index (χ1v) is 6.20. The molecule has 106 valence electrons. The van der Waals surface area contributed by atoms with Crippen LogP contribution in [0, 0.1) is 11.6 Å². The lowest BCUT2D eigenvalue weighted by Crippen LogP contribution is -2.42. The van der Waals surface area contributed by atoms with E-state index in [4.69, 9.17) is 4.74 Å². The Morgan fingerprint density at radius 1 is 1.47 bits per heavy atom. The van der Waals surface area contributed by atoms with Gasteiger partial charge in [0.25, 0.3) is 0 Å². The summed E-state index contributed by atoms with van der Waals surface area (Å²) in [6.07, 6.45) is 0.628. The Bertz CT molecular complexity index is 449. The van der Waals surface area contributed by atoms with Crippen LogP contribution in [0.15, 0.2) is 12.1 Å². The average Bonchev–Trinajstić information content (AvgIpc) is 2.81. The molecule has 0 spiro atoms. The second-order valence-corrected chi connectivity index (χ2v) is 4.80. The Hall–Kier alpha value is -1.24. The molecule has 0 unspecified atom stereocenters. The molecule has 0 bridgehead atoms. The van der Waals surface area contributed by atoms with Crippen molar-refractivity contribution in [2.24, 2.45) is 0 Å². The Morgan fingerprint density at radius 2 is 2.26 bits per heavy atom. The van der Waals surface area contributed by atoms with Gasteiger partial charge in [0, 0.05) is 25.2 Å². The number of β-amino-alcohol motifs (C(OH)–C–C–N with tert-alkyl or cyclic N) is 1. The van der Waals surface area contributed by atoms with Gasteiger partial charge in [-0.2, -0.15) is 0 Å². The molecule has 3 N–H and O–H groups in total. The highest BCUT2D eigenvalue weighted by Gasteiger charge is 2.30. The fourth-order valence-electron chi connectivity index (χ4n) is 2.20. The third-order valence-electron chi connectivity index (χ3n) is 3.35. The third-order valence-corrected chi connectivity index (χ3v) is 3.35. The van der Waals surface area contributed by atoms with E-state index in [0.29, 0.717) is 13.0 Å². The van der Waals surface area contributed by atoms with Crippen LogP contribution < -0.4 is 15.4 Å². The summed E-state index contributed by atoms with van der Waals surface area (Å²) in [6.45, 7) is 1.54. The topological polar surface area (TPSA) is 53.5 Å². The van der Waals surface area contributed by atoms with Crippen LogP contribution in [-0.4, -0.2) is 37.5 Å². The van der Waals surface area contributed by atoms with E-state index in [0.717, 1.165) is 6.54 Å². The predicted octanol–water partition coefficient (Wildman–Crippen LogP) is 0.787. The molecule has 0 saturated carbocycles. The zero-order valence-electron chi connectivity index (χ0n) is 10.8. The molecule has 6 heteroatoms. The molecule has 1 fully saturated rings. The number of benzene rings is 1. The molecule has 0 amide bonds. The van der Waals surface area contributed by atoms with Crippen LogP contribution in [0.2, 0.25) is 0 Å². The molecule has 19 heavy (non-hydrogen) atoms. The minimum absolute atomic E-state index is 0.0111. The van der Waals surface area contributed by atoms with Gasteiger partial charge in [-0.25, -0.2) is 8.78 Å². The van der Waals surface area contributed by atoms with Gasteiger partial charge in [0.1, 0.15) is 5.82 Å². The molecule has 0 aliphatic carbocycles. The van der Waals surface area contributed by atoms with E-state index in [2.05, 4.69) is 10.6 Å². The Kier molecular flexibility index (Phi) is 4.34. The monoisotopic (exact) mass is 272 g/mol. The van der Waals surface area contributed by atoms with Crippen LogP contribution in [0.25, 0.3) is 0 Å². The minimum Gasteiger partial charge on any atom is -0.494 e. The minimum atomic E-state index is -0.841. The smallest absolute Gasteiger partial charge is 0.172 e. The molecule has 1 aliphatic rings. The number of halogens is 2. The summed E-state index contributed by atoms with van der Waals surface area (Å²) in [7, 11) is 1.33. The molecule has 1 aromatic rings. The number of rotatable bonds is 5. The quantitative estimate of drug-likeness (QED) is 0.742. The number of aliphatic hydroxyl groups is 1. The predicted molar refractivity (Wildman–Crippen MR) is 67.1 cm³/mol. The van der Waals surface area contributed by atoms with E-state index in [-0.39, 0.29) is 24.4 Å².